The smallest absolute Gasteiger partial charge is 0.348 e. The Morgan fingerprint density at radius 3 is 2.56 bits per heavy atom. The number of aromatic nitrogens is 2. The summed E-state index contributed by atoms with van der Waals surface area (Å²) in [5.41, 5.74) is -0.281. The zero-order valence-electron chi connectivity index (χ0n) is 9.32. The SMILES string of the molecule is CNc1nc(CC(C)C)nc(Cl)c1[N+](=O)[O-]. The molecule has 0 radical (unpaired) electrons. The van der Waals surface area contributed by atoms with Gasteiger partial charge in [0, 0.05) is 13.5 Å². The number of nitrogens with zero attached hydrogens (tertiary/aromatic N) is 3. The van der Waals surface area contributed by atoms with Crippen molar-refractivity contribution in [2.75, 3.05) is 12.4 Å². The van der Waals surface area contributed by atoms with Crippen LogP contribution in [0.5, 0.6) is 0 Å². The van der Waals surface area contributed by atoms with Crippen molar-refractivity contribution in [2.45, 2.75) is 20.3 Å². The first-order valence-electron chi connectivity index (χ1n) is 4.84. The van der Waals surface area contributed by atoms with E-state index in [2.05, 4.69) is 15.3 Å². The van der Waals surface area contributed by atoms with E-state index in [0.717, 1.165) is 0 Å². The molecule has 0 amide bonds. The molecular formula is C9H13ClN4O2. The molecule has 0 bridgehead atoms. The minimum Gasteiger partial charge on any atom is -0.367 e. The fourth-order valence-electron chi connectivity index (χ4n) is 1.26. The lowest BCUT2D eigenvalue weighted by Gasteiger charge is -2.07. The summed E-state index contributed by atoms with van der Waals surface area (Å²) in [6.07, 6.45) is 0.631. The highest BCUT2D eigenvalue weighted by molar-refractivity contribution is 6.31. The lowest BCUT2D eigenvalue weighted by Crippen LogP contribution is -2.07. The number of anilines is 1. The maximum absolute atomic E-state index is 10.7. The number of hydrogen-bond donors (Lipinski definition) is 1. The summed E-state index contributed by atoms with van der Waals surface area (Å²) in [5.74, 6) is 1.03. The first-order valence-corrected chi connectivity index (χ1v) is 5.22. The zero-order chi connectivity index (χ0) is 12.3. The summed E-state index contributed by atoms with van der Waals surface area (Å²) >= 11 is 5.76. The molecule has 0 atom stereocenters. The van der Waals surface area contributed by atoms with Gasteiger partial charge in [0.25, 0.3) is 0 Å². The first kappa shape index (κ1) is 12.6. The van der Waals surface area contributed by atoms with Crippen molar-refractivity contribution in [2.24, 2.45) is 5.92 Å². The topological polar surface area (TPSA) is 81.0 Å². The molecule has 0 saturated carbocycles. The van der Waals surface area contributed by atoms with Gasteiger partial charge in [0.2, 0.25) is 11.0 Å². The number of hydrogen-bond acceptors (Lipinski definition) is 5. The molecule has 1 aromatic heterocycles. The number of nitro groups is 1. The minimum absolute atomic E-state index is 0.125. The first-order chi connectivity index (χ1) is 7.45. The van der Waals surface area contributed by atoms with E-state index >= 15 is 0 Å². The lowest BCUT2D eigenvalue weighted by atomic mass is 10.1. The van der Waals surface area contributed by atoms with Gasteiger partial charge < -0.3 is 5.32 Å². The molecule has 7 heteroatoms. The summed E-state index contributed by atoms with van der Waals surface area (Å²) < 4.78 is 0. The molecule has 1 aromatic rings. The van der Waals surface area contributed by atoms with Crippen molar-refractivity contribution in [3.63, 3.8) is 0 Å². The van der Waals surface area contributed by atoms with Gasteiger partial charge in [0.1, 0.15) is 5.82 Å². The molecule has 0 unspecified atom stereocenters. The third-order valence-electron chi connectivity index (χ3n) is 1.90. The second-order valence-electron chi connectivity index (χ2n) is 3.73. The molecule has 0 aromatic carbocycles. The highest BCUT2D eigenvalue weighted by Gasteiger charge is 2.22. The molecule has 0 fully saturated rings. The number of rotatable bonds is 4. The van der Waals surface area contributed by atoms with Gasteiger partial charge in [-0.3, -0.25) is 10.1 Å². The summed E-state index contributed by atoms with van der Waals surface area (Å²) in [7, 11) is 1.56. The van der Waals surface area contributed by atoms with Gasteiger partial charge in [0.15, 0.2) is 0 Å². The predicted molar refractivity (Wildman–Crippen MR) is 61.8 cm³/mol. The van der Waals surface area contributed by atoms with Crippen molar-refractivity contribution >= 4 is 23.1 Å². The van der Waals surface area contributed by atoms with Gasteiger partial charge in [0.05, 0.1) is 4.92 Å². The predicted octanol–water partition coefficient (Wildman–Crippen LogP) is 2.28. The Labute approximate surface area is 98.2 Å². The fraction of sp³-hybridized carbons (Fsp3) is 0.556. The maximum atomic E-state index is 10.7. The zero-order valence-corrected chi connectivity index (χ0v) is 10.1. The molecular weight excluding hydrogens is 232 g/mol. The third-order valence-corrected chi connectivity index (χ3v) is 2.16. The molecule has 0 saturated heterocycles. The van der Waals surface area contributed by atoms with Crippen molar-refractivity contribution < 1.29 is 4.92 Å². The molecule has 0 aliphatic carbocycles. The van der Waals surface area contributed by atoms with Gasteiger partial charge in [-0.2, -0.15) is 0 Å². The van der Waals surface area contributed by atoms with Crippen LogP contribution >= 0.6 is 11.6 Å². The largest absolute Gasteiger partial charge is 0.367 e. The summed E-state index contributed by atoms with van der Waals surface area (Å²) in [4.78, 5) is 18.1. The van der Waals surface area contributed by atoms with Crippen LogP contribution in [-0.2, 0) is 6.42 Å². The maximum Gasteiger partial charge on any atom is 0.348 e. The van der Waals surface area contributed by atoms with Gasteiger partial charge in [-0.15, -0.1) is 0 Å². The van der Waals surface area contributed by atoms with Gasteiger partial charge in [-0.05, 0) is 5.92 Å². The quantitative estimate of drug-likeness (QED) is 0.499. The Morgan fingerprint density at radius 2 is 2.12 bits per heavy atom. The van der Waals surface area contributed by atoms with Crippen LogP contribution < -0.4 is 5.32 Å². The number of nitrogens with one attached hydrogen (secondary N) is 1. The van der Waals surface area contributed by atoms with Crippen LogP contribution in [0.15, 0.2) is 0 Å². The second kappa shape index (κ2) is 5.07. The molecule has 16 heavy (non-hydrogen) atoms. The summed E-state index contributed by atoms with van der Waals surface area (Å²) in [6.45, 7) is 4.02. The van der Waals surface area contributed by atoms with Crippen molar-refractivity contribution in [3.8, 4) is 0 Å². The fourth-order valence-corrected chi connectivity index (χ4v) is 1.52. The Kier molecular flexibility index (Phi) is 4.00. The summed E-state index contributed by atoms with van der Waals surface area (Å²) in [6, 6.07) is 0. The highest BCUT2D eigenvalue weighted by Crippen LogP contribution is 2.29. The number of halogens is 1. The van der Waals surface area contributed by atoms with Crippen LogP contribution in [0.3, 0.4) is 0 Å². The van der Waals surface area contributed by atoms with Gasteiger partial charge in [-0.1, -0.05) is 25.4 Å². The van der Waals surface area contributed by atoms with E-state index in [0.29, 0.717) is 18.2 Å². The molecule has 6 nitrogen and oxygen atoms in total. The lowest BCUT2D eigenvalue weighted by molar-refractivity contribution is -0.384. The molecule has 1 rings (SSSR count). The van der Waals surface area contributed by atoms with Crippen LogP contribution in [0, 0.1) is 16.0 Å². The molecule has 0 spiro atoms. The van der Waals surface area contributed by atoms with E-state index in [1.165, 1.54) is 0 Å². The van der Waals surface area contributed by atoms with E-state index in [9.17, 15) is 10.1 Å². The Hall–Kier alpha value is -1.43. The van der Waals surface area contributed by atoms with E-state index in [1.54, 1.807) is 7.05 Å². The molecule has 0 aliphatic heterocycles. The molecule has 88 valence electrons. The monoisotopic (exact) mass is 244 g/mol. The van der Waals surface area contributed by atoms with E-state index in [-0.39, 0.29) is 16.7 Å². The average Bonchev–Trinajstić information content (AvgIpc) is 2.14. The minimum atomic E-state index is -0.590. The van der Waals surface area contributed by atoms with E-state index in [1.807, 2.05) is 13.8 Å². The van der Waals surface area contributed by atoms with E-state index in [4.69, 9.17) is 11.6 Å². The third kappa shape index (κ3) is 2.79. The van der Waals surface area contributed by atoms with Crippen molar-refractivity contribution in [3.05, 3.63) is 21.1 Å². The molecule has 1 N–H and O–H groups in total. The standard InChI is InChI=1S/C9H13ClN4O2/c1-5(2)4-6-12-8(10)7(14(15)16)9(11-3)13-6/h5H,4H2,1-3H3,(H,11,12,13). The van der Waals surface area contributed by atoms with Gasteiger partial charge in [-0.25, -0.2) is 9.97 Å². The van der Waals surface area contributed by atoms with Crippen LogP contribution in [-0.4, -0.2) is 21.9 Å². The van der Waals surface area contributed by atoms with Crippen LogP contribution in [0.2, 0.25) is 5.15 Å². The Bertz CT molecular complexity index is 409. The highest BCUT2D eigenvalue weighted by atomic mass is 35.5. The Balaban J connectivity index is 3.21. The van der Waals surface area contributed by atoms with Crippen LogP contribution in [0.25, 0.3) is 0 Å². The second-order valence-corrected chi connectivity index (χ2v) is 4.09. The van der Waals surface area contributed by atoms with Crippen LogP contribution in [0.1, 0.15) is 19.7 Å². The normalized spacial score (nSPS) is 10.6. The van der Waals surface area contributed by atoms with E-state index < -0.39 is 4.92 Å². The Morgan fingerprint density at radius 1 is 1.50 bits per heavy atom. The summed E-state index contributed by atoms with van der Waals surface area (Å²) in [5, 5.41) is 13.3. The molecule has 0 aliphatic rings. The van der Waals surface area contributed by atoms with Crippen LogP contribution in [0.4, 0.5) is 11.5 Å². The van der Waals surface area contributed by atoms with Gasteiger partial charge >= 0.3 is 5.69 Å². The average molecular weight is 245 g/mol. The van der Waals surface area contributed by atoms with Crippen molar-refractivity contribution in [1.29, 1.82) is 0 Å². The molecule has 1 heterocycles. The van der Waals surface area contributed by atoms with Crippen molar-refractivity contribution in [1.82, 2.24) is 9.97 Å².